The van der Waals surface area contributed by atoms with Gasteiger partial charge in [0.15, 0.2) is 0 Å². The third-order valence-electron chi connectivity index (χ3n) is 2.87. The van der Waals surface area contributed by atoms with Crippen molar-refractivity contribution in [1.29, 1.82) is 0 Å². The Labute approximate surface area is 90.6 Å². The first-order valence-corrected chi connectivity index (χ1v) is 5.68. The predicted octanol–water partition coefficient (Wildman–Crippen LogP) is 1.25. The van der Waals surface area contributed by atoms with Crippen molar-refractivity contribution in [2.75, 3.05) is 19.6 Å². The molecule has 0 aromatic carbocycles. The van der Waals surface area contributed by atoms with Gasteiger partial charge in [0.05, 0.1) is 6.20 Å². The Kier molecular flexibility index (Phi) is 3.75. The molecule has 84 valence electrons. The average Bonchev–Trinajstić information content (AvgIpc) is 2.86. The van der Waals surface area contributed by atoms with E-state index in [1.807, 2.05) is 0 Å². The molecule has 1 saturated heterocycles. The van der Waals surface area contributed by atoms with Crippen LogP contribution in [-0.4, -0.2) is 35.7 Å². The lowest BCUT2D eigenvalue weighted by atomic mass is 10.3. The highest BCUT2D eigenvalue weighted by Crippen LogP contribution is 2.07. The quantitative estimate of drug-likeness (QED) is 0.792. The molecule has 1 aromatic heterocycles. The molecule has 1 aliphatic heterocycles. The van der Waals surface area contributed by atoms with Gasteiger partial charge in [-0.3, -0.25) is 0 Å². The van der Waals surface area contributed by atoms with Crippen molar-refractivity contribution in [3.63, 3.8) is 0 Å². The average molecular weight is 209 g/mol. The van der Waals surface area contributed by atoms with E-state index in [0.29, 0.717) is 6.04 Å². The number of aromatic nitrogens is 1. The van der Waals surface area contributed by atoms with Gasteiger partial charge in [0.25, 0.3) is 0 Å². The van der Waals surface area contributed by atoms with Crippen molar-refractivity contribution in [2.45, 2.75) is 32.4 Å². The molecule has 1 aliphatic rings. The fourth-order valence-corrected chi connectivity index (χ4v) is 2.02. The fourth-order valence-electron chi connectivity index (χ4n) is 2.02. The summed E-state index contributed by atoms with van der Waals surface area (Å²) < 4.78 is 4.78. The molecule has 1 atom stereocenters. The van der Waals surface area contributed by atoms with Gasteiger partial charge in [-0.25, -0.2) is 0 Å². The van der Waals surface area contributed by atoms with Crippen molar-refractivity contribution in [2.24, 2.45) is 0 Å². The molecule has 4 heteroatoms. The van der Waals surface area contributed by atoms with E-state index >= 15 is 0 Å². The molecule has 15 heavy (non-hydrogen) atoms. The Morgan fingerprint density at radius 3 is 3.00 bits per heavy atom. The van der Waals surface area contributed by atoms with Gasteiger partial charge in [-0.1, -0.05) is 5.16 Å². The zero-order valence-corrected chi connectivity index (χ0v) is 9.28. The molecule has 0 aliphatic carbocycles. The van der Waals surface area contributed by atoms with Gasteiger partial charge in [-0.2, -0.15) is 0 Å². The van der Waals surface area contributed by atoms with E-state index in [2.05, 4.69) is 22.3 Å². The minimum atomic E-state index is 0.526. The molecule has 1 unspecified atom stereocenters. The van der Waals surface area contributed by atoms with E-state index < -0.39 is 0 Å². The summed E-state index contributed by atoms with van der Waals surface area (Å²) in [5.74, 6) is 0. The molecule has 0 saturated carbocycles. The van der Waals surface area contributed by atoms with Crippen LogP contribution in [0.4, 0.5) is 0 Å². The SMILES string of the molecule is CC(CN1CCCC1)NCc1cnoc1. The van der Waals surface area contributed by atoms with E-state index in [1.54, 1.807) is 12.5 Å². The lowest BCUT2D eigenvalue weighted by molar-refractivity contribution is 0.298. The van der Waals surface area contributed by atoms with E-state index in [-0.39, 0.29) is 0 Å². The van der Waals surface area contributed by atoms with E-state index in [0.717, 1.165) is 18.7 Å². The van der Waals surface area contributed by atoms with Gasteiger partial charge in [0, 0.05) is 24.7 Å². The van der Waals surface area contributed by atoms with Crippen LogP contribution in [-0.2, 0) is 6.54 Å². The summed E-state index contributed by atoms with van der Waals surface area (Å²) in [6, 6.07) is 0.526. The Morgan fingerprint density at radius 2 is 2.33 bits per heavy atom. The van der Waals surface area contributed by atoms with Crippen molar-refractivity contribution >= 4 is 0 Å². The normalized spacial score (nSPS) is 19.5. The topological polar surface area (TPSA) is 41.3 Å². The minimum Gasteiger partial charge on any atom is -0.364 e. The summed E-state index contributed by atoms with van der Waals surface area (Å²) in [4.78, 5) is 2.52. The molecule has 1 fully saturated rings. The van der Waals surface area contributed by atoms with Crippen LogP contribution in [0.1, 0.15) is 25.3 Å². The highest BCUT2D eigenvalue weighted by molar-refractivity contribution is 4.99. The van der Waals surface area contributed by atoms with Crippen LogP contribution in [0.5, 0.6) is 0 Å². The molecule has 1 aromatic rings. The van der Waals surface area contributed by atoms with Crippen LogP contribution >= 0.6 is 0 Å². The van der Waals surface area contributed by atoms with Crippen LogP contribution in [0.25, 0.3) is 0 Å². The zero-order valence-electron chi connectivity index (χ0n) is 9.28. The molecular weight excluding hydrogens is 190 g/mol. The van der Waals surface area contributed by atoms with Crippen LogP contribution in [0.3, 0.4) is 0 Å². The number of likely N-dealkylation sites (tertiary alicyclic amines) is 1. The molecule has 1 N–H and O–H groups in total. The molecular formula is C11H19N3O. The summed E-state index contributed by atoms with van der Waals surface area (Å²) in [6.45, 7) is 6.74. The van der Waals surface area contributed by atoms with Gasteiger partial charge in [-0.05, 0) is 32.9 Å². The van der Waals surface area contributed by atoms with Crippen molar-refractivity contribution < 1.29 is 4.52 Å². The van der Waals surface area contributed by atoms with E-state index in [4.69, 9.17) is 4.52 Å². The molecule has 0 bridgehead atoms. The summed E-state index contributed by atoms with van der Waals surface area (Å²) in [7, 11) is 0. The number of nitrogens with one attached hydrogen (secondary N) is 1. The summed E-state index contributed by atoms with van der Waals surface area (Å²) in [6.07, 6.45) is 6.17. The Bertz CT molecular complexity index is 267. The number of hydrogen-bond acceptors (Lipinski definition) is 4. The van der Waals surface area contributed by atoms with Crippen molar-refractivity contribution in [3.8, 4) is 0 Å². The summed E-state index contributed by atoms with van der Waals surface area (Å²) in [5.41, 5.74) is 1.11. The third-order valence-corrected chi connectivity index (χ3v) is 2.87. The van der Waals surface area contributed by atoms with Crippen LogP contribution < -0.4 is 5.32 Å². The van der Waals surface area contributed by atoms with Crippen LogP contribution in [0.15, 0.2) is 17.0 Å². The zero-order chi connectivity index (χ0) is 10.5. The molecule has 2 rings (SSSR count). The second-order valence-electron chi connectivity index (χ2n) is 4.32. The van der Waals surface area contributed by atoms with Gasteiger partial charge >= 0.3 is 0 Å². The van der Waals surface area contributed by atoms with Gasteiger partial charge in [-0.15, -0.1) is 0 Å². The number of nitrogens with zero attached hydrogens (tertiary/aromatic N) is 2. The maximum absolute atomic E-state index is 4.78. The van der Waals surface area contributed by atoms with Gasteiger partial charge < -0.3 is 14.7 Å². The Hall–Kier alpha value is -0.870. The van der Waals surface area contributed by atoms with Gasteiger partial charge in [0.2, 0.25) is 0 Å². The summed E-state index contributed by atoms with van der Waals surface area (Å²) in [5, 5.41) is 7.15. The largest absolute Gasteiger partial charge is 0.364 e. The highest BCUT2D eigenvalue weighted by Gasteiger charge is 2.14. The van der Waals surface area contributed by atoms with Gasteiger partial charge in [0.1, 0.15) is 6.26 Å². The first-order chi connectivity index (χ1) is 7.34. The molecule has 0 radical (unpaired) electrons. The third kappa shape index (κ3) is 3.32. The Balaban J connectivity index is 1.66. The maximum atomic E-state index is 4.78. The second kappa shape index (κ2) is 5.28. The lowest BCUT2D eigenvalue weighted by Crippen LogP contribution is -2.37. The minimum absolute atomic E-state index is 0.526. The second-order valence-corrected chi connectivity index (χ2v) is 4.32. The highest BCUT2D eigenvalue weighted by atomic mass is 16.5. The monoisotopic (exact) mass is 209 g/mol. The molecule has 2 heterocycles. The number of rotatable bonds is 5. The molecule has 4 nitrogen and oxygen atoms in total. The number of hydrogen-bond donors (Lipinski definition) is 1. The predicted molar refractivity (Wildman–Crippen MR) is 58.5 cm³/mol. The van der Waals surface area contributed by atoms with E-state index in [9.17, 15) is 0 Å². The standard InChI is InChI=1S/C11H19N3O/c1-10(8-14-4-2-3-5-14)12-6-11-7-13-15-9-11/h7,9-10,12H,2-6,8H2,1H3. The van der Waals surface area contributed by atoms with Crippen molar-refractivity contribution in [1.82, 2.24) is 15.4 Å². The first-order valence-electron chi connectivity index (χ1n) is 5.68. The fraction of sp³-hybridized carbons (Fsp3) is 0.727. The first kappa shape index (κ1) is 10.6. The molecule has 0 spiro atoms. The smallest absolute Gasteiger partial charge is 0.128 e. The molecule has 0 amide bonds. The van der Waals surface area contributed by atoms with E-state index in [1.165, 1.54) is 25.9 Å². The lowest BCUT2D eigenvalue weighted by Gasteiger charge is -2.20. The van der Waals surface area contributed by atoms with Crippen LogP contribution in [0.2, 0.25) is 0 Å². The van der Waals surface area contributed by atoms with Crippen LogP contribution in [0, 0.1) is 0 Å². The van der Waals surface area contributed by atoms with Crippen molar-refractivity contribution in [3.05, 3.63) is 18.0 Å². The maximum Gasteiger partial charge on any atom is 0.128 e. The Morgan fingerprint density at radius 1 is 1.53 bits per heavy atom. The summed E-state index contributed by atoms with van der Waals surface area (Å²) >= 11 is 0.